The Balaban J connectivity index is 1.23. The van der Waals surface area contributed by atoms with Gasteiger partial charge in [-0.2, -0.15) is 0 Å². The zero-order valence-corrected chi connectivity index (χ0v) is 23.7. The second kappa shape index (κ2) is 9.51. The van der Waals surface area contributed by atoms with Crippen LogP contribution >= 0.6 is 11.3 Å². The lowest BCUT2D eigenvalue weighted by atomic mass is 10.00. The topological polar surface area (TPSA) is 51.6 Å². The maximum Gasteiger partial charge on any atom is 0.159 e. The Labute approximate surface area is 251 Å². The molecule has 0 fully saturated rings. The van der Waals surface area contributed by atoms with Crippen LogP contribution < -0.4 is 0 Å². The summed E-state index contributed by atoms with van der Waals surface area (Å²) in [5.74, 6) is 1.36. The van der Waals surface area contributed by atoms with Crippen molar-refractivity contribution >= 4 is 64.1 Å². The van der Waals surface area contributed by atoms with E-state index >= 15 is 0 Å². The van der Waals surface area contributed by atoms with Gasteiger partial charge in [0.2, 0.25) is 0 Å². The van der Waals surface area contributed by atoms with Gasteiger partial charge in [0, 0.05) is 54.5 Å². The molecule has 9 rings (SSSR count). The first kappa shape index (κ1) is 24.1. The second-order valence-corrected chi connectivity index (χ2v) is 11.8. The fourth-order valence-electron chi connectivity index (χ4n) is 6.08. The highest BCUT2D eigenvalue weighted by Crippen LogP contribution is 2.38. The zero-order chi connectivity index (χ0) is 28.3. The van der Waals surface area contributed by atoms with Gasteiger partial charge < -0.3 is 0 Å². The van der Waals surface area contributed by atoms with Gasteiger partial charge in [0.15, 0.2) is 11.6 Å². The molecule has 4 nitrogen and oxygen atoms in total. The Bertz CT molecular complexity index is 2520. The number of thiophene rings is 1. The molecule has 0 aliphatic rings. The van der Waals surface area contributed by atoms with Crippen molar-refractivity contribution in [3.63, 3.8) is 0 Å². The molecule has 0 saturated carbocycles. The number of aromatic nitrogens is 4. The molecule has 0 saturated heterocycles. The first-order valence-electron chi connectivity index (χ1n) is 14.2. The predicted molar refractivity (Wildman–Crippen MR) is 179 cm³/mol. The van der Waals surface area contributed by atoms with Crippen molar-refractivity contribution in [2.45, 2.75) is 0 Å². The van der Waals surface area contributed by atoms with Crippen molar-refractivity contribution in [1.29, 1.82) is 0 Å². The molecule has 200 valence electrons. The molecular weight excluding hydrogens is 545 g/mol. The fourth-order valence-corrected chi connectivity index (χ4v) is 7.17. The van der Waals surface area contributed by atoms with Crippen molar-refractivity contribution in [2.75, 3.05) is 0 Å². The zero-order valence-electron chi connectivity index (χ0n) is 22.9. The number of benzene rings is 6. The Hall–Kier alpha value is -5.52. The van der Waals surface area contributed by atoms with Gasteiger partial charge in [0.1, 0.15) is 11.0 Å². The molecule has 3 aromatic heterocycles. The standard InChI is InChI=1S/C38H22N4S/c1-2-9-23(10-3-1)37-39-21-31-27-13-4-5-14-28(27)32-22-40-38(42-36(32)35(31)41-37)26-12-8-11-24(19-26)25-17-18-34-30(20-25)29-15-6-7-16-33(29)43-34/h1-22H. The number of fused-ring (bicyclic) bond motifs is 9. The third kappa shape index (κ3) is 3.90. The molecule has 0 unspecified atom stereocenters. The lowest BCUT2D eigenvalue weighted by Crippen LogP contribution is -1.96. The molecule has 6 aromatic carbocycles. The smallest absolute Gasteiger partial charge is 0.159 e. The van der Waals surface area contributed by atoms with Gasteiger partial charge in [-0.25, -0.2) is 19.9 Å². The molecule has 0 N–H and O–H groups in total. The minimum Gasteiger partial charge on any atom is -0.236 e. The van der Waals surface area contributed by atoms with Crippen molar-refractivity contribution < 1.29 is 0 Å². The van der Waals surface area contributed by atoms with Crippen molar-refractivity contribution in [2.24, 2.45) is 0 Å². The number of nitrogens with zero attached hydrogens (tertiary/aromatic N) is 4. The van der Waals surface area contributed by atoms with Gasteiger partial charge in [-0.15, -0.1) is 11.3 Å². The molecule has 0 aliphatic heterocycles. The quantitative estimate of drug-likeness (QED) is 0.200. The van der Waals surface area contributed by atoms with Crippen LogP contribution in [0.25, 0.3) is 86.7 Å². The summed E-state index contributed by atoms with van der Waals surface area (Å²) in [6, 6.07) is 42.3. The molecule has 43 heavy (non-hydrogen) atoms. The fraction of sp³-hybridized carbons (Fsp3) is 0. The van der Waals surface area contributed by atoms with Crippen molar-refractivity contribution in [3.05, 3.63) is 134 Å². The molecule has 0 bridgehead atoms. The average Bonchev–Trinajstić information content (AvgIpc) is 3.46. The van der Waals surface area contributed by atoms with Crippen LogP contribution in [0, 0.1) is 0 Å². The van der Waals surface area contributed by atoms with Crippen LogP contribution in [0.4, 0.5) is 0 Å². The molecule has 0 amide bonds. The molecule has 0 aliphatic carbocycles. The van der Waals surface area contributed by atoms with Crippen LogP contribution in [0.1, 0.15) is 0 Å². The minimum absolute atomic E-state index is 0.674. The summed E-state index contributed by atoms with van der Waals surface area (Å²) in [6.07, 6.45) is 3.87. The van der Waals surface area contributed by atoms with E-state index in [9.17, 15) is 0 Å². The normalized spacial score (nSPS) is 11.7. The summed E-state index contributed by atoms with van der Waals surface area (Å²) in [4.78, 5) is 19.9. The van der Waals surface area contributed by atoms with Crippen LogP contribution in [0.2, 0.25) is 0 Å². The Morgan fingerprint density at radius 2 is 0.930 bits per heavy atom. The lowest BCUT2D eigenvalue weighted by molar-refractivity contribution is 1.21. The summed E-state index contributed by atoms with van der Waals surface area (Å²) in [5.41, 5.74) is 5.91. The second-order valence-electron chi connectivity index (χ2n) is 10.7. The Kier molecular flexibility index (Phi) is 5.33. The molecule has 3 heterocycles. The van der Waals surface area contributed by atoms with Gasteiger partial charge in [-0.05, 0) is 46.2 Å². The van der Waals surface area contributed by atoms with Crippen LogP contribution in [0.3, 0.4) is 0 Å². The van der Waals surface area contributed by atoms with Crippen molar-refractivity contribution in [3.8, 4) is 33.9 Å². The van der Waals surface area contributed by atoms with Gasteiger partial charge >= 0.3 is 0 Å². The highest BCUT2D eigenvalue weighted by Gasteiger charge is 2.15. The first-order valence-corrected chi connectivity index (χ1v) is 15.0. The van der Waals surface area contributed by atoms with E-state index in [0.29, 0.717) is 11.6 Å². The number of rotatable bonds is 3. The van der Waals surface area contributed by atoms with Crippen LogP contribution in [0.5, 0.6) is 0 Å². The lowest BCUT2D eigenvalue weighted by Gasteiger charge is -2.11. The molecule has 0 radical (unpaired) electrons. The van der Waals surface area contributed by atoms with Gasteiger partial charge in [-0.3, -0.25) is 0 Å². The average molecular weight is 567 g/mol. The maximum atomic E-state index is 5.18. The molecule has 0 atom stereocenters. The molecule has 9 aromatic rings. The van der Waals surface area contributed by atoms with Gasteiger partial charge in [0.25, 0.3) is 0 Å². The molecule has 0 spiro atoms. The third-order valence-electron chi connectivity index (χ3n) is 8.17. The summed E-state index contributed by atoms with van der Waals surface area (Å²) < 4.78 is 2.61. The van der Waals surface area contributed by atoms with E-state index in [0.717, 1.165) is 49.3 Å². The Morgan fingerprint density at radius 3 is 1.67 bits per heavy atom. The highest BCUT2D eigenvalue weighted by atomic mass is 32.1. The summed E-state index contributed by atoms with van der Waals surface area (Å²) in [7, 11) is 0. The summed E-state index contributed by atoms with van der Waals surface area (Å²) in [6.45, 7) is 0. The van der Waals surface area contributed by atoms with E-state index < -0.39 is 0 Å². The van der Waals surface area contributed by atoms with Gasteiger partial charge in [0.05, 0.1) is 0 Å². The SMILES string of the molecule is c1ccc(-c2ncc3c4ccccc4c4cnc(-c5cccc(-c6ccc7sc8ccccc8c7c6)c5)nc4c3n2)cc1. The Morgan fingerprint density at radius 1 is 0.372 bits per heavy atom. The molecule has 5 heteroatoms. The van der Waals surface area contributed by atoms with E-state index in [2.05, 4.69) is 91.0 Å². The van der Waals surface area contributed by atoms with E-state index in [1.54, 1.807) is 0 Å². The van der Waals surface area contributed by atoms with E-state index in [4.69, 9.17) is 19.9 Å². The van der Waals surface area contributed by atoms with E-state index in [1.165, 1.54) is 25.7 Å². The monoisotopic (exact) mass is 566 g/mol. The summed E-state index contributed by atoms with van der Waals surface area (Å²) >= 11 is 1.84. The minimum atomic E-state index is 0.674. The largest absolute Gasteiger partial charge is 0.236 e. The number of hydrogen-bond donors (Lipinski definition) is 0. The third-order valence-corrected chi connectivity index (χ3v) is 9.32. The van der Waals surface area contributed by atoms with Crippen LogP contribution in [-0.4, -0.2) is 19.9 Å². The van der Waals surface area contributed by atoms with Crippen LogP contribution in [0.15, 0.2) is 134 Å². The molecular formula is C38H22N4S. The number of hydrogen-bond acceptors (Lipinski definition) is 5. The van der Waals surface area contributed by atoms with Crippen LogP contribution in [-0.2, 0) is 0 Å². The first-order chi connectivity index (χ1) is 21.3. The van der Waals surface area contributed by atoms with Crippen molar-refractivity contribution in [1.82, 2.24) is 19.9 Å². The highest BCUT2D eigenvalue weighted by molar-refractivity contribution is 7.25. The summed E-state index contributed by atoms with van der Waals surface area (Å²) in [5, 5.41) is 6.75. The predicted octanol–water partition coefficient (Wildman–Crippen LogP) is 10.1. The van der Waals surface area contributed by atoms with E-state index in [1.807, 2.05) is 54.1 Å². The van der Waals surface area contributed by atoms with E-state index in [-0.39, 0.29) is 0 Å². The van der Waals surface area contributed by atoms with Gasteiger partial charge in [-0.1, -0.05) is 97.1 Å². The maximum absolute atomic E-state index is 5.18.